The van der Waals surface area contributed by atoms with Crippen LogP contribution in [-0.4, -0.2) is 123 Å². The van der Waals surface area contributed by atoms with E-state index < -0.39 is 78.1 Å². The quantitative estimate of drug-likeness (QED) is 0.0403. The lowest BCUT2D eigenvalue weighted by Gasteiger charge is -2.08. The third kappa shape index (κ3) is 35.1. The van der Waals surface area contributed by atoms with E-state index >= 15 is 0 Å². The van der Waals surface area contributed by atoms with Gasteiger partial charge in [0, 0.05) is 189 Å². The van der Waals surface area contributed by atoms with Gasteiger partial charge in [0.25, 0.3) is 0 Å². The van der Waals surface area contributed by atoms with Crippen molar-refractivity contribution in [2.24, 2.45) is 63.4 Å². The number of aryl methyl sites for hydroxylation is 8. The molecular formula is C89H87F15N10O17S5. The number of benzene rings is 5. The zero-order valence-electron chi connectivity index (χ0n) is 72.5. The highest BCUT2D eigenvalue weighted by atomic mass is 32.2. The molecule has 47 heteroatoms. The molecule has 0 radical (unpaired) electrons. The van der Waals surface area contributed by atoms with Gasteiger partial charge < -0.3 is 41.0 Å². The molecule has 0 saturated heterocycles. The Hall–Kier alpha value is -13.4. The topological polar surface area (TPSA) is 383 Å². The van der Waals surface area contributed by atoms with Crippen molar-refractivity contribution < 1.29 is 163 Å². The lowest BCUT2D eigenvalue weighted by molar-refractivity contribution is -0.651. The monoisotopic (exact) mass is 2010 g/mol. The molecule has 730 valence electrons. The van der Waals surface area contributed by atoms with Crippen LogP contribution >= 0.6 is 0 Å². The van der Waals surface area contributed by atoms with Crippen molar-refractivity contribution in [1.29, 1.82) is 5.26 Å². The number of aromatic nitrogens is 9. The lowest BCUT2D eigenvalue weighted by Crippen LogP contribution is -2.32. The van der Waals surface area contributed by atoms with Gasteiger partial charge in [0.1, 0.15) is 35.2 Å². The van der Waals surface area contributed by atoms with Crippen molar-refractivity contribution in [2.45, 2.75) is 48.8 Å². The zero-order chi connectivity index (χ0) is 102. The third-order valence-corrected chi connectivity index (χ3v) is 21.4. The SMILES string of the molecule is C.CC#N.Cc1ccc2ccccc2[n+]1C.Cn1c(/C=C/c2ccc3ccccc3[n+]2C)ccc1/C=C/c1ccc2ccccc2[n+]1C.Cn1c(C=O)ccc1/C=C/c1ccc2ccccc2[n+]1C.Cn1cccc1/C=C/c1ccc2ccccc2[n+]1C.Cn1cccc1C=O.O=S(=O)([O-])C(F)(F)F.O=S(=O)([O-])C(F)(F)F.O=S(=O)([O-])C(F)(F)F.O=S(=O)([O-])C(F)(F)F.O=S(=O)([O-])C(F)(F)F. The highest BCUT2D eigenvalue weighted by Gasteiger charge is 2.40. The van der Waals surface area contributed by atoms with Crippen LogP contribution in [0.5, 0.6) is 0 Å². The molecule has 0 bridgehead atoms. The molecule has 0 atom stereocenters. The van der Waals surface area contributed by atoms with Gasteiger partial charge in [0.2, 0.25) is 50.4 Å². The summed E-state index contributed by atoms with van der Waals surface area (Å²) in [7, 11) is -12.1. The van der Waals surface area contributed by atoms with Crippen LogP contribution in [0.4, 0.5) is 65.9 Å². The molecule has 0 saturated carbocycles. The van der Waals surface area contributed by atoms with Crippen LogP contribution in [-0.2, 0) is 114 Å². The first-order valence-electron chi connectivity index (χ1n) is 37.8. The Kier molecular flexibility index (Phi) is 43.1. The van der Waals surface area contributed by atoms with Gasteiger partial charge in [-0.3, -0.25) is 9.59 Å². The van der Waals surface area contributed by atoms with E-state index in [0.717, 1.165) is 24.0 Å². The van der Waals surface area contributed by atoms with E-state index in [1.807, 2.05) is 61.3 Å². The fraction of sp³-hybridized carbons (Fsp3) is 0.191. The number of pyridine rings is 5. The summed E-state index contributed by atoms with van der Waals surface area (Å²) in [6.07, 6.45) is 22.7. The normalized spacial score (nSPS) is 11.8. The van der Waals surface area contributed by atoms with Gasteiger partial charge in [-0.15, -0.1) is 0 Å². The van der Waals surface area contributed by atoms with Crippen LogP contribution in [0.25, 0.3) is 103 Å². The van der Waals surface area contributed by atoms with Crippen molar-refractivity contribution in [1.82, 2.24) is 18.3 Å². The molecule has 14 rings (SSSR count). The second kappa shape index (κ2) is 50.2. The molecule has 0 amide bonds. The van der Waals surface area contributed by atoms with Crippen LogP contribution in [0.3, 0.4) is 0 Å². The lowest BCUT2D eigenvalue weighted by atomic mass is 10.2. The summed E-state index contributed by atoms with van der Waals surface area (Å²) >= 11 is 0. The number of nitriles is 1. The Labute approximate surface area is 772 Å². The van der Waals surface area contributed by atoms with E-state index in [1.54, 1.807) is 16.7 Å². The summed E-state index contributed by atoms with van der Waals surface area (Å²) < 4.78 is 314. The van der Waals surface area contributed by atoms with E-state index in [2.05, 4.69) is 331 Å². The summed E-state index contributed by atoms with van der Waals surface area (Å²) in [5.41, 5.74) is -10.2. The summed E-state index contributed by atoms with van der Waals surface area (Å²) in [5, 5.41) is 13.6. The second-order valence-corrected chi connectivity index (χ2v) is 34.3. The van der Waals surface area contributed by atoms with Crippen molar-refractivity contribution in [3.63, 3.8) is 0 Å². The smallest absolute Gasteiger partial charge is 0.485 e. The minimum absolute atomic E-state index is 0. The molecule has 9 heterocycles. The number of fused-ring (bicyclic) bond motifs is 5. The molecule has 27 nitrogen and oxygen atoms in total. The second-order valence-electron chi connectivity index (χ2n) is 27.5. The van der Waals surface area contributed by atoms with E-state index in [1.165, 1.54) is 101 Å². The molecule has 0 aliphatic carbocycles. The van der Waals surface area contributed by atoms with Gasteiger partial charge in [-0.1, -0.05) is 68.1 Å². The molecule has 0 unspecified atom stereocenters. The van der Waals surface area contributed by atoms with Gasteiger partial charge >= 0.3 is 27.5 Å². The summed E-state index contributed by atoms with van der Waals surface area (Å²) in [6.45, 7) is 3.55. The highest BCUT2D eigenvalue weighted by molar-refractivity contribution is 7.87. The van der Waals surface area contributed by atoms with Crippen LogP contribution in [0.2, 0.25) is 0 Å². The molecule has 0 aliphatic rings. The molecule has 5 aromatic carbocycles. The third-order valence-electron chi connectivity index (χ3n) is 18.5. The van der Waals surface area contributed by atoms with E-state index in [-0.39, 0.29) is 7.43 Å². The van der Waals surface area contributed by atoms with Gasteiger partial charge in [-0.05, 0) is 133 Å². The number of rotatable bonds is 10. The van der Waals surface area contributed by atoms with Gasteiger partial charge in [0.05, 0.1) is 17.5 Å². The standard InChI is InChI=1S/C29H27N3.C18H17N2O.C17H17N2.C11H12N.C6H7NO.C2H3N.5CHF3O3S.CH4/c1-30-24(18-20-26-14-12-22-8-4-6-10-28(22)31(26)2)16-17-25(30)19-21-27-15-13-23-9-5-7-11-29(23)32(27)3;1-19-15(11-12-17(19)13-21)9-10-16-8-7-14-5-3-4-6-18(14)20(16)2;1-18-13-5-7-15(18)11-12-16-10-9-14-6-3-4-8-17(14)19(16)2;1-9-7-8-10-5-3-4-6-11(10)12(9)2;1-7-4-2-3-6(7)5-8;1-2-3;5*2-1(3,4)8(5,6)7;/h4-21H,1-3H3;3-13H,1-2H3;3-13H,1-2H3;3-8H,1-2H3;2-5H,1H3;1H3;5*(H,5,6,7);1H4/q+2;3*+1;;;;;;;;/p-5. The first-order chi connectivity index (χ1) is 62.4. The van der Waals surface area contributed by atoms with Crippen molar-refractivity contribution in [3.05, 3.63) is 306 Å². The first kappa shape index (κ1) is 117. The molecule has 0 N–H and O–H groups in total. The van der Waals surface area contributed by atoms with Crippen LogP contribution in [0.1, 0.15) is 86.6 Å². The van der Waals surface area contributed by atoms with Crippen molar-refractivity contribution >= 4 is 166 Å². The van der Waals surface area contributed by atoms with Crippen molar-refractivity contribution in [2.75, 3.05) is 0 Å². The first-order valence-corrected chi connectivity index (χ1v) is 44.9. The molecule has 0 aliphatic heterocycles. The number of alkyl halides is 15. The molecule has 0 fully saturated rings. The number of carbonyl (C=O) groups excluding carboxylic acids is 2. The van der Waals surface area contributed by atoms with E-state index in [4.69, 9.17) is 70.1 Å². The number of hydrogen-bond donors (Lipinski definition) is 0. The highest BCUT2D eigenvalue weighted by Crippen LogP contribution is 2.26. The van der Waals surface area contributed by atoms with Gasteiger partial charge in [-0.25, -0.2) is 42.1 Å². The zero-order valence-corrected chi connectivity index (χ0v) is 76.6. The molecule has 9 aromatic heterocycles. The molecule has 136 heavy (non-hydrogen) atoms. The number of aldehydes is 2. The van der Waals surface area contributed by atoms with Crippen LogP contribution < -0.4 is 22.8 Å². The number of nitrogens with zero attached hydrogens (tertiary/aromatic N) is 10. The Balaban J connectivity index is 0.000000408. The number of halogens is 15. The fourth-order valence-electron chi connectivity index (χ4n) is 11.2. The Morgan fingerprint density at radius 1 is 0.287 bits per heavy atom. The van der Waals surface area contributed by atoms with E-state index in [9.17, 15) is 75.4 Å². The molecule has 0 spiro atoms. The fourth-order valence-corrected chi connectivity index (χ4v) is 11.2. The Morgan fingerprint density at radius 3 is 0.676 bits per heavy atom. The molecule has 14 aromatic rings. The largest absolute Gasteiger partial charge is 0.741 e. The number of carbonyl (C=O) groups is 2. The maximum Gasteiger partial charge on any atom is 0.485 e. The molecular weight excluding hydrogens is 1930 g/mol. The van der Waals surface area contributed by atoms with E-state index in [0.29, 0.717) is 11.4 Å². The van der Waals surface area contributed by atoms with Crippen LogP contribution in [0.15, 0.2) is 243 Å². The number of para-hydroxylation sites is 5. The number of hydrogen-bond acceptors (Lipinski definition) is 18. The van der Waals surface area contributed by atoms with Crippen molar-refractivity contribution in [3.8, 4) is 6.07 Å². The maximum absolute atomic E-state index is 10.9. The summed E-state index contributed by atoms with van der Waals surface area (Å²) in [6, 6.07) is 81.2. The maximum atomic E-state index is 10.9. The summed E-state index contributed by atoms with van der Waals surface area (Å²) in [4.78, 5) is 20.9. The van der Waals surface area contributed by atoms with Gasteiger partial charge in [-0.2, -0.15) is 94.0 Å². The minimum Gasteiger partial charge on any atom is -0.741 e. The predicted molar refractivity (Wildman–Crippen MR) is 475 cm³/mol. The average Bonchev–Trinajstić information content (AvgIpc) is 1.65. The Bertz CT molecular complexity index is 6890. The minimum atomic E-state index is -6.09. The predicted octanol–water partition coefficient (Wildman–Crippen LogP) is 15.7. The average molecular weight is 2010 g/mol. The summed E-state index contributed by atoms with van der Waals surface area (Å²) in [5.74, 6) is 0. The Morgan fingerprint density at radius 2 is 0.478 bits per heavy atom. The van der Waals surface area contributed by atoms with Gasteiger partial charge in [0.15, 0.2) is 68.9 Å². The van der Waals surface area contributed by atoms with Crippen LogP contribution in [0, 0.1) is 18.3 Å².